The number of hydrogen-bond acceptors (Lipinski definition) is 3. The zero-order valence-electron chi connectivity index (χ0n) is 15.9. The van der Waals surface area contributed by atoms with Crippen LogP contribution in [0, 0.1) is 0 Å². The van der Waals surface area contributed by atoms with Crippen molar-refractivity contribution < 1.29 is 5.11 Å². The molecule has 5 nitrogen and oxygen atoms in total. The van der Waals surface area contributed by atoms with Crippen molar-refractivity contribution in [1.82, 2.24) is 15.5 Å². The van der Waals surface area contributed by atoms with Crippen molar-refractivity contribution in [2.75, 3.05) is 26.2 Å². The molecule has 0 spiro atoms. The molecule has 0 amide bonds. The molecule has 0 unspecified atom stereocenters. The lowest BCUT2D eigenvalue weighted by molar-refractivity contribution is 0.0574. The predicted molar refractivity (Wildman–Crippen MR) is 99.0 cm³/mol. The molecule has 0 aromatic rings. The molecule has 1 saturated carbocycles. The Labute approximate surface area is 142 Å². The maximum atomic E-state index is 10.4. The standard InChI is InChI=1S/C18H38N4O/c1-6-19-17(21-14-18(23)10-7-8-11-18)20-12-9-13-22(15(2)3)16(4)5/h15-16,23H,6-14H2,1-5H3,(H2,19,20,21). The van der Waals surface area contributed by atoms with Crippen molar-refractivity contribution in [3.05, 3.63) is 0 Å². The normalized spacial score (nSPS) is 18.2. The average molecular weight is 327 g/mol. The van der Waals surface area contributed by atoms with E-state index in [1.807, 2.05) is 0 Å². The third-order valence-corrected chi connectivity index (χ3v) is 4.62. The highest BCUT2D eigenvalue weighted by molar-refractivity contribution is 5.79. The second-order valence-corrected chi connectivity index (χ2v) is 7.33. The van der Waals surface area contributed by atoms with Crippen LogP contribution in [0.1, 0.15) is 66.7 Å². The average Bonchev–Trinajstić information content (AvgIpc) is 2.90. The molecule has 1 rings (SSSR count). The van der Waals surface area contributed by atoms with E-state index >= 15 is 0 Å². The van der Waals surface area contributed by atoms with E-state index in [-0.39, 0.29) is 0 Å². The number of nitrogens with one attached hydrogen (secondary N) is 2. The van der Waals surface area contributed by atoms with Crippen LogP contribution in [0.4, 0.5) is 0 Å². The molecule has 0 saturated heterocycles. The molecule has 0 heterocycles. The first-order chi connectivity index (χ1) is 10.9. The van der Waals surface area contributed by atoms with Crippen LogP contribution in [0.15, 0.2) is 4.99 Å². The molecule has 0 aromatic heterocycles. The zero-order valence-corrected chi connectivity index (χ0v) is 15.9. The summed E-state index contributed by atoms with van der Waals surface area (Å²) in [5.41, 5.74) is -0.575. The van der Waals surface area contributed by atoms with Crippen molar-refractivity contribution in [2.24, 2.45) is 4.99 Å². The van der Waals surface area contributed by atoms with Gasteiger partial charge in [0.25, 0.3) is 0 Å². The van der Waals surface area contributed by atoms with Crippen molar-refractivity contribution in [3.63, 3.8) is 0 Å². The van der Waals surface area contributed by atoms with Crippen molar-refractivity contribution >= 4 is 5.96 Å². The largest absolute Gasteiger partial charge is 0.388 e. The van der Waals surface area contributed by atoms with E-state index in [4.69, 9.17) is 0 Å². The second kappa shape index (κ2) is 10.1. The maximum Gasteiger partial charge on any atom is 0.191 e. The summed E-state index contributed by atoms with van der Waals surface area (Å²) in [7, 11) is 0. The van der Waals surface area contributed by atoms with Crippen molar-refractivity contribution in [2.45, 2.75) is 84.4 Å². The molecule has 23 heavy (non-hydrogen) atoms. The minimum atomic E-state index is -0.575. The minimum absolute atomic E-state index is 0.506. The van der Waals surface area contributed by atoms with Gasteiger partial charge in [-0.25, -0.2) is 0 Å². The zero-order chi connectivity index (χ0) is 17.3. The molecule has 0 radical (unpaired) electrons. The first-order valence-corrected chi connectivity index (χ1v) is 9.38. The van der Waals surface area contributed by atoms with Crippen LogP contribution in [0.5, 0.6) is 0 Å². The van der Waals surface area contributed by atoms with Gasteiger partial charge in [-0.2, -0.15) is 0 Å². The summed E-state index contributed by atoms with van der Waals surface area (Å²) in [6.07, 6.45) is 5.10. The summed E-state index contributed by atoms with van der Waals surface area (Å²) in [5.74, 6) is 0.827. The lowest BCUT2D eigenvalue weighted by Crippen LogP contribution is -2.42. The Hall–Kier alpha value is -0.810. The van der Waals surface area contributed by atoms with E-state index in [0.717, 1.165) is 57.7 Å². The molecule has 5 heteroatoms. The number of aliphatic imine (C=N–C) groups is 1. The molecular formula is C18H38N4O. The Bertz CT molecular complexity index is 341. The first-order valence-electron chi connectivity index (χ1n) is 9.38. The van der Waals surface area contributed by atoms with Crippen LogP contribution in [-0.2, 0) is 0 Å². The van der Waals surface area contributed by atoms with Crippen molar-refractivity contribution in [1.29, 1.82) is 0 Å². The summed E-state index contributed by atoms with van der Waals surface area (Å²) in [4.78, 5) is 7.09. The quantitative estimate of drug-likeness (QED) is 0.346. The van der Waals surface area contributed by atoms with Gasteiger partial charge in [0.1, 0.15) is 0 Å². The number of aliphatic hydroxyl groups is 1. The number of hydrogen-bond donors (Lipinski definition) is 3. The van der Waals surface area contributed by atoms with Crippen LogP contribution in [0.3, 0.4) is 0 Å². The molecule has 0 bridgehead atoms. The van der Waals surface area contributed by atoms with Gasteiger partial charge in [0.15, 0.2) is 5.96 Å². The highest BCUT2D eigenvalue weighted by Crippen LogP contribution is 2.29. The van der Waals surface area contributed by atoms with Crippen molar-refractivity contribution in [3.8, 4) is 0 Å². The van der Waals surface area contributed by atoms with Crippen LogP contribution in [0.2, 0.25) is 0 Å². The molecular weight excluding hydrogens is 288 g/mol. The monoisotopic (exact) mass is 326 g/mol. The van der Waals surface area contributed by atoms with Gasteiger partial charge >= 0.3 is 0 Å². The smallest absolute Gasteiger partial charge is 0.191 e. The van der Waals surface area contributed by atoms with Gasteiger partial charge in [0.2, 0.25) is 0 Å². The van der Waals surface area contributed by atoms with E-state index in [0.29, 0.717) is 18.6 Å². The van der Waals surface area contributed by atoms with E-state index in [2.05, 4.69) is 55.1 Å². The fourth-order valence-corrected chi connectivity index (χ4v) is 3.34. The molecule has 1 fully saturated rings. The topological polar surface area (TPSA) is 59.9 Å². The fraction of sp³-hybridized carbons (Fsp3) is 0.944. The fourth-order valence-electron chi connectivity index (χ4n) is 3.34. The highest BCUT2D eigenvalue weighted by atomic mass is 16.3. The summed E-state index contributed by atoms with van der Waals surface area (Å²) in [6, 6.07) is 1.15. The van der Waals surface area contributed by atoms with Gasteiger partial charge in [0, 0.05) is 31.7 Å². The Morgan fingerprint density at radius 1 is 1.13 bits per heavy atom. The molecule has 0 aromatic carbocycles. The molecule has 0 atom stereocenters. The Balaban J connectivity index is 2.37. The van der Waals surface area contributed by atoms with E-state index in [1.54, 1.807) is 0 Å². The van der Waals surface area contributed by atoms with Gasteiger partial charge in [-0.1, -0.05) is 12.8 Å². The first kappa shape index (κ1) is 20.2. The third kappa shape index (κ3) is 7.53. The highest BCUT2D eigenvalue weighted by Gasteiger charge is 2.30. The van der Waals surface area contributed by atoms with Crippen LogP contribution in [0.25, 0.3) is 0 Å². The maximum absolute atomic E-state index is 10.4. The van der Waals surface area contributed by atoms with Crippen LogP contribution >= 0.6 is 0 Å². The van der Waals surface area contributed by atoms with Gasteiger partial charge in [-0.15, -0.1) is 0 Å². The lowest BCUT2D eigenvalue weighted by atomic mass is 10.0. The molecule has 1 aliphatic rings. The summed E-state index contributed by atoms with van der Waals surface area (Å²) in [6.45, 7) is 14.4. The van der Waals surface area contributed by atoms with Gasteiger partial charge < -0.3 is 15.7 Å². The summed E-state index contributed by atoms with van der Waals surface area (Å²) < 4.78 is 0. The van der Waals surface area contributed by atoms with Gasteiger partial charge in [-0.3, -0.25) is 9.89 Å². The predicted octanol–water partition coefficient (Wildman–Crippen LogP) is 2.36. The minimum Gasteiger partial charge on any atom is -0.388 e. The third-order valence-electron chi connectivity index (χ3n) is 4.62. The van der Waals surface area contributed by atoms with Crippen LogP contribution in [-0.4, -0.2) is 59.8 Å². The Morgan fingerprint density at radius 3 is 2.26 bits per heavy atom. The van der Waals surface area contributed by atoms with Crippen LogP contribution < -0.4 is 10.6 Å². The van der Waals surface area contributed by atoms with Gasteiger partial charge in [0.05, 0.1) is 12.1 Å². The molecule has 3 N–H and O–H groups in total. The molecule has 0 aliphatic heterocycles. The summed E-state index contributed by atoms with van der Waals surface area (Å²) >= 11 is 0. The molecule has 136 valence electrons. The Morgan fingerprint density at radius 2 is 1.74 bits per heavy atom. The Kier molecular flexibility index (Phi) is 8.92. The number of nitrogens with zero attached hydrogens (tertiary/aromatic N) is 2. The van der Waals surface area contributed by atoms with E-state index in [9.17, 15) is 5.11 Å². The second-order valence-electron chi connectivity index (χ2n) is 7.33. The number of guanidine groups is 1. The summed E-state index contributed by atoms with van der Waals surface area (Å²) in [5, 5.41) is 17.1. The van der Waals surface area contributed by atoms with Gasteiger partial charge in [-0.05, 0) is 53.9 Å². The molecule has 1 aliphatic carbocycles. The SMILES string of the molecule is CCNC(=NCC1(O)CCCC1)NCCCN(C(C)C)C(C)C. The van der Waals surface area contributed by atoms with E-state index in [1.165, 1.54) is 0 Å². The van der Waals surface area contributed by atoms with E-state index < -0.39 is 5.60 Å². The lowest BCUT2D eigenvalue weighted by Gasteiger charge is -2.30. The number of rotatable bonds is 9.